The van der Waals surface area contributed by atoms with Gasteiger partial charge in [0, 0.05) is 29.6 Å². The van der Waals surface area contributed by atoms with Crippen molar-refractivity contribution in [2.45, 2.75) is 59.5 Å². The van der Waals surface area contributed by atoms with Gasteiger partial charge in [-0.1, -0.05) is 39.8 Å². The van der Waals surface area contributed by atoms with Crippen molar-refractivity contribution >= 4 is 17.6 Å². The molecule has 2 N–H and O–H groups in total. The fraction of sp³-hybridized carbons (Fsp3) is 0.370. The summed E-state index contributed by atoms with van der Waals surface area (Å²) in [5.41, 5.74) is 4.52. The van der Waals surface area contributed by atoms with Crippen LogP contribution in [0.5, 0.6) is 5.75 Å². The number of ether oxygens (including phenoxy) is 1. The number of carbonyl (C=O) groups is 1. The highest BCUT2D eigenvalue weighted by atomic mass is 16.5. The van der Waals surface area contributed by atoms with Crippen LogP contribution >= 0.6 is 0 Å². The summed E-state index contributed by atoms with van der Waals surface area (Å²) in [6.45, 7) is 11.8. The summed E-state index contributed by atoms with van der Waals surface area (Å²) in [6, 6.07) is 15.1. The molecule has 0 aliphatic heterocycles. The van der Waals surface area contributed by atoms with E-state index in [1.165, 1.54) is 5.56 Å². The van der Waals surface area contributed by atoms with E-state index in [0.717, 1.165) is 35.7 Å². The summed E-state index contributed by atoms with van der Waals surface area (Å²) in [7, 11) is 1.63. The summed E-state index contributed by atoms with van der Waals surface area (Å²) < 4.78 is 7.17. The van der Waals surface area contributed by atoms with Gasteiger partial charge in [-0.25, -0.2) is 4.99 Å². The second-order valence-corrected chi connectivity index (χ2v) is 9.30. The van der Waals surface area contributed by atoms with Crippen LogP contribution < -0.4 is 15.4 Å². The van der Waals surface area contributed by atoms with Gasteiger partial charge in [-0.15, -0.1) is 0 Å². The maximum absolute atomic E-state index is 13.0. The van der Waals surface area contributed by atoms with Crippen LogP contribution in [-0.2, 0) is 18.5 Å². The molecule has 1 aromatic heterocycles. The van der Waals surface area contributed by atoms with Crippen molar-refractivity contribution in [2.75, 3.05) is 12.4 Å². The van der Waals surface area contributed by atoms with Crippen LogP contribution in [0.3, 0.4) is 0 Å². The molecular weight excluding hydrogens is 426 g/mol. The number of hydrogen-bond donors (Lipinski definition) is 2. The minimum atomic E-state index is -0.223. The first-order valence-corrected chi connectivity index (χ1v) is 11.6. The number of rotatable bonds is 7. The Morgan fingerprint density at radius 2 is 1.76 bits per heavy atom. The second-order valence-electron chi connectivity index (χ2n) is 9.30. The van der Waals surface area contributed by atoms with Gasteiger partial charge in [-0.05, 0) is 60.7 Å². The molecule has 2 aromatic carbocycles. The fourth-order valence-electron chi connectivity index (χ4n) is 3.44. The molecule has 3 rings (SSSR count). The van der Waals surface area contributed by atoms with Gasteiger partial charge >= 0.3 is 0 Å². The highest BCUT2D eigenvalue weighted by Crippen LogP contribution is 2.22. The zero-order valence-electron chi connectivity index (χ0n) is 21.0. The molecule has 0 atom stereocenters. The molecule has 0 unspecified atom stereocenters. The summed E-state index contributed by atoms with van der Waals surface area (Å²) in [5.74, 6) is 0.905. The third-order valence-electron chi connectivity index (χ3n) is 5.51. The summed E-state index contributed by atoms with van der Waals surface area (Å²) >= 11 is 0. The molecule has 1 amide bonds. The number of aliphatic imine (C=N–C) groups is 1. The zero-order chi connectivity index (χ0) is 24.7. The summed E-state index contributed by atoms with van der Waals surface area (Å²) in [5, 5.41) is 10.7. The quantitative estimate of drug-likeness (QED) is 0.369. The number of nitrogens with one attached hydrogen (secondary N) is 2. The Bertz CT molecular complexity index is 1120. The van der Waals surface area contributed by atoms with Crippen LogP contribution in [-0.4, -0.2) is 28.8 Å². The highest BCUT2D eigenvalue weighted by molar-refractivity contribution is 6.10. The first-order chi connectivity index (χ1) is 16.2. The van der Waals surface area contributed by atoms with Crippen LogP contribution in [0.15, 0.2) is 59.7 Å². The van der Waals surface area contributed by atoms with E-state index in [2.05, 4.69) is 48.4 Å². The summed E-state index contributed by atoms with van der Waals surface area (Å²) in [6.07, 6.45) is 3.03. The van der Waals surface area contributed by atoms with Gasteiger partial charge in [0.25, 0.3) is 5.91 Å². The fourth-order valence-corrected chi connectivity index (χ4v) is 3.44. The Kier molecular flexibility index (Phi) is 8.10. The molecule has 34 heavy (non-hydrogen) atoms. The average molecular weight is 462 g/mol. The molecule has 3 aromatic rings. The van der Waals surface area contributed by atoms with Crippen molar-refractivity contribution in [3.8, 4) is 5.75 Å². The highest BCUT2D eigenvalue weighted by Gasteiger charge is 2.15. The molecule has 0 aliphatic rings. The number of hydrogen-bond acceptors (Lipinski definition) is 4. The van der Waals surface area contributed by atoms with Crippen molar-refractivity contribution in [2.24, 2.45) is 4.99 Å². The number of aryl methyl sites for hydroxylation is 2. The molecular formula is C27H35N5O2. The van der Waals surface area contributed by atoms with E-state index in [1.807, 2.05) is 66.3 Å². The van der Waals surface area contributed by atoms with Gasteiger partial charge in [-0.2, -0.15) is 5.10 Å². The first-order valence-electron chi connectivity index (χ1n) is 11.6. The summed E-state index contributed by atoms with van der Waals surface area (Å²) in [4.78, 5) is 17.7. The van der Waals surface area contributed by atoms with Crippen LogP contribution in [0.2, 0.25) is 0 Å². The Morgan fingerprint density at radius 3 is 2.35 bits per heavy atom. The van der Waals surface area contributed by atoms with Gasteiger partial charge in [0.15, 0.2) is 0 Å². The Balaban J connectivity index is 1.81. The Morgan fingerprint density at radius 1 is 1.09 bits per heavy atom. The Hall–Kier alpha value is -3.61. The number of aromatic nitrogens is 2. The molecule has 7 nitrogen and oxygen atoms in total. The standard InChI is InChI=1S/C27H35N5O2/c1-7-16-32-18-21(19(2)31-32)17-28-26(29-23-12-14-24(34-6)15-13-23)30-25(33)20-8-10-22(11-9-20)27(3,4)5/h8-15,18H,7,16-17H2,1-6H3,(H2,28,29,30,33). The van der Waals surface area contributed by atoms with E-state index >= 15 is 0 Å². The smallest absolute Gasteiger partial charge is 0.257 e. The van der Waals surface area contributed by atoms with E-state index in [4.69, 9.17) is 4.74 Å². The predicted molar refractivity (Wildman–Crippen MR) is 138 cm³/mol. The van der Waals surface area contributed by atoms with Gasteiger partial charge in [0.05, 0.1) is 19.3 Å². The third-order valence-corrected chi connectivity index (χ3v) is 5.51. The topological polar surface area (TPSA) is 80.5 Å². The van der Waals surface area contributed by atoms with Gasteiger partial charge < -0.3 is 10.1 Å². The van der Waals surface area contributed by atoms with Crippen molar-refractivity contribution < 1.29 is 9.53 Å². The molecule has 0 saturated carbocycles. The minimum absolute atomic E-state index is 0.0254. The van der Waals surface area contributed by atoms with Crippen molar-refractivity contribution in [1.82, 2.24) is 15.1 Å². The minimum Gasteiger partial charge on any atom is -0.497 e. The number of carbonyl (C=O) groups excluding carboxylic acids is 1. The molecule has 7 heteroatoms. The van der Waals surface area contributed by atoms with Crippen LogP contribution in [0, 0.1) is 6.92 Å². The monoisotopic (exact) mass is 461 g/mol. The zero-order valence-corrected chi connectivity index (χ0v) is 21.0. The van der Waals surface area contributed by atoms with Gasteiger partial charge in [0.1, 0.15) is 5.75 Å². The SMILES string of the molecule is CCCn1cc(CN=C(NC(=O)c2ccc(C(C)(C)C)cc2)Nc2ccc(OC)cc2)c(C)n1. The molecule has 0 fully saturated rings. The van der Waals surface area contributed by atoms with Crippen molar-refractivity contribution in [1.29, 1.82) is 0 Å². The van der Waals surface area contributed by atoms with E-state index < -0.39 is 0 Å². The second kappa shape index (κ2) is 11.0. The van der Waals surface area contributed by atoms with Crippen molar-refractivity contribution in [3.05, 3.63) is 77.1 Å². The molecule has 1 heterocycles. The Labute approximate surface area is 202 Å². The molecule has 0 radical (unpaired) electrons. The maximum atomic E-state index is 13.0. The first kappa shape index (κ1) is 25.0. The lowest BCUT2D eigenvalue weighted by molar-refractivity contribution is 0.0977. The van der Waals surface area contributed by atoms with Gasteiger partial charge in [-0.3, -0.25) is 14.8 Å². The van der Waals surface area contributed by atoms with E-state index in [-0.39, 0.29) is 11.3 Å². The third kappa shape index (κ3) is 6.70. The number of nitrogens with zero attached hydrogens (tertiary/aromatic N) is 3. The van der Waals surface area contributed by atoms with E-state index in [1.54, 1.807) is 7.11 Å². The van der Waals surface area contributed by atoms with E-state index in [0.29, 0.717) is 18.1 Å². The van der Waals surface area contributed by atoms with E-state index in [9.17, 15) is 4.79 Å². The molecule has 0 bridgehead atoms. The van der Waals surface area contributed by atoms with Gasteiger partial charge in [0.2, 0.25) is 5.96 Å². The number of benzene rings is 2. The number of guanidine groups is 1. The number of anilines is 1. The lowest BCUT2D eigenvalue weighted by atomic mass is 9.87. The predicted octanol–water partition coefficient (Wildman–Crippen LogP) is 5.31. The molecule has 0 aliphatic carbocycles. The lowest BCUT2D eigenvalue weighted by Crippen LogP contribution is -2.36. The van der Waals surface area contributed by atoms with Crippen molar-refractivity contribution in [3.63, 3.8) is 0 Å². The lowest BCUT2D eigenvalue weighted by Gasteiger charge is -2.19. The van der Waals surface area contributed by atoms with Crippen LogP contribution in [0.1, 0.15) is 61.3 Å². The molecule has 180 valence electrons. The van der Waals surface area contributed by atoms with Crippen LogP contribution in [0.25, 0.3) is 0 Å². The molecule has 0 spiro atoms. The average Bonchev–Trinajstić information content (AvgIpc) is 3.16. The maximum Gasteiger partial charge on any atom is 0.257 e. The number of amides is 1. The van der Waals surface area contributed by atoms with Crippen LogP contribution in [0.4, 0.5) is 5.69 Å². The largest absolute Gasteiger partial charge is 0.497 e. The molecule has 0 saturated heterocycles. The number of methoxy groups -OCH3 is 1. The normalized spacial score (nSPS) is 11.9.